The number of urea groups is 1. The van der Waals surface area contributed by atoms with Crippen molar-refractivity contribution in [2.45, 2.75) is 25.3 Å². The molecule has 1 saturated carbocycles. The van der Waals surface area contributed by atoms with Gasteiger partial charge in [0, 0.05) is 30.4 Å². The summed E-state index contributed by atoms with van der Waals surface area (Å²) in [6.07, 6.45) is 3.14. The van der Waals surface area contributed by atoms with Crippen molar-refractivity contribution < 1.29 is 9.59 Å². The number of anilines is 1. The van der Waals surface area contributed by atoms with Crippen LogP contribution in [0.15, 0.2) is 24.3 Å². The largest absolute Gasteiger partial charge is 0.338 e. The van der Waals surface area contributed by atoms with Crippen molar-refractivity contribution in [3.8, 4) is 0 Å². The van der Waals surface area contributed by atoms with E-state index in [1.165, 1.54) is 0 Å². The van der Waals surface area contributed by atoms with Crippen LogP contribution in [0.3, 0.4) is 0 Å². The molecular formula is C17H24N4O2. The molecule has 1 atom stereocenters. The molecule has 124 valence electrons. The van der Waals surface area contributed by atoms with E-state index in [1.54, 1.807) is 24.3 Å². The number of carbonyl (C=O) groups excluding carboxylic acids is 2. The van der Waals surface area contributed by atoms with Crippen LogP contribution in [0.2, 0.25) is 0 Å². The van der Waals surface area contributed by atoms with Crippen molar-refractivity contribution in [3.05, 3.63) is 29.8 Å². The molecule has 1 heterocycles. The molecule has 6 nitrogen and oxygen atoms in total. The van der Waals surface area contributed by atoms with Crippen LogP contribution in [-0.4, -0.2) is 49.6 Å². The Balaban J connectivity index is 1.60. The van der Waals surface area contributed by atoms with E-state index < -0.39 is 0 Å². The van der Waals surface area contributed by atoms with Crippen LogP contribution < -0.4 is 16.0 Å². The minimum absolute atomic E-state index is 0.0369. The number of carbonyl (C=O) groups is 2. The molecule has 1 unspecified atom stereocenters. The quantitative estimate of drug-likeness (QED) is 0.773. The second kappa shape index (κ2) is 7.00. The van der Waals surface area contributed by atoms with Crippen molar-refractivity contribution in [2.75, 3.05) is 32.0 Å². The molecule has 1 aromatic rings. The van der Waals surface area contributed by atoms with E-state index >= 15 is 0 Å². The molecule has 0 bridgehead atoms. The summed E-state index contributed by atoms with van der Waals surface area (Å²) in [7, 11) is 1.94. The first kappa shape index (κ1) is 15.8. The summed E-state index contributed by atoms with van der Waals surface area (Å²) in [5, 5.41) is 8.84. The van der Waals surface area contributed by atoms with E-state index in [0.29, 0.717) is 23.2 Å². The average molecular weight is 316 g/mol. The summed E-state index contributed by atoms with van der Waals surface area (Å²) in [5.74, 6) is 0.560. The lowest BCUT2D eigenvalue weighted by molar-refractivity contribution is 0.0787. The van der Waals surface area contributed by atoms with Gasteiger partial charge in [-0.05, 0) is 57.0 Å². The maximum Gasteiger partial charge on any atom is 0.319 e. The molecule has 0 radical (unpaired) electrons. The minimum Gasteiger partial charge on any atom is -0.338 e. The highest BCUT2D eigenvalue weighted by molar-refractivity contribution is 5.97. The van der Waals surface area contributed by atoms with Crippen molar-refractivity contribution in [2.24, 2.45) is 5.92 Å². The lowest BCUT2D eigenvalue weighted by atomic mass is 10.1. The molecule has 3 N–H and O–H groups in total. The van der Waals surface area contributed by atoms with E-state index in [-0.39, 0.29) is 11.9 Å². The summed E-state index contributed by atoms with van der Waals surface area (Å²) in [6, 6.07) is 7.27. The van der Waals surface area contributed by atoms with Gasteiger partial charge in [0.1, 0.15) is 0 Å². The number of nitrogens with one attached hydrogen (secondary N) is 3. The molecule has 3 amide bonds. The van der Waals surface area contributed by atoms with Crippen LogP contribution in [0, 0.1) is 5.92 Å². The topological polar surface area (TPSA) is 73.5 Å². The molecule has 1 aliphatic carbocycles. The van der Waals surface area contributed by atoms with Crippen molar-refractivity contribution >= 4 is 17.6 Å². The molecule has 1 saturated heterocycles. The number of likely N-dealkylation sites (tertiary alicyclic amines) is 1. The molecule has 0 aromatic heterocycles. The van der Waals surface area contributed by atoms with Gasteiger partial charge in [0.2, 0.25) is 0 Å². The first-order valence-corrected chi connectivity index (χ1v) is 8.27. The van der Waals surface area contributed by atoms with Gasteiger partial charge in [-0.2, -0.15) is 0 Å². The van der Waals surface area contributed by atoms with Gasteiger partial charge in [-0.25, -0.2) is 4.79 Å². The number of benzene rings is 1. The Labute approximate surface area is 136 Å². The zero-order valence-electron chi connectivity index (χ0n) is 13.5. The number of hydrogen-bond donors (Lipinski definition) is 3. The highest BCUT2D eigenvalue weighted by Gasteiger charge is 2.27. The van der Waals surface area contributed by atoms with Gasteiger partial charge >= 0.3 is 6.03 Å². The number of rotatable bonds is 5. The van der Waals surface area contributed by atoms with Gasteiger partial charge in [-0.15, -0.1) is 0 Å². The molecular weight excluding hydrogens is 292 g/mol. The Kier molecular flexibility index (Phi) is 4.81. The summed E-state index contributed by atoms with van der Waals surface area (Å²) in [6.45, 7) is 2.53. The van der Waals surface area contributed by atoms with E-state index in [4.69, 9.17) is 0 Å². The Morgan fingerprint density at radius 3 is 2.83 bits per heavy atom. The monoisotopic (exact) mass is 316 g/mol. The fourth-order valence-electron chi connectivity index (χ4n) is 2.97. The SMILES string of the molecule is CNCC1CCN(C(=O)c2cccc(NC(=O)NC3CC3)c2)C1. The Hall–Kier alpha value is -2.08. The van der Waals surface area contributed by atoms with Crippen molar-refractivity contribution in [3.63, 3.8) is 0 Å². The molecule has 6 heteroatoms. The Morgan fingerprint density at radius 2 is 2.09 bits per heavy atom. The van der Waals surface area contributed by atoms with E-state index in [2.05, 4.69) is 16.0 Å². The molecule has 1 aromatic carbocycles. The zero-order valence-corrected chi connectivity index (χ0v) is 13.5. The summed E-state index contributed by atoms with van der Waals surface area (Å²) >= 11 is 0. The van der Waals surface area contributed by atoms with Crippen molar-refractivity contribution in [1.29, 1.82) is 0 Å². The third kappa shape index (κ3) is 4.22. The Morgan fingerprint density at radius 1 is 1.26 bits per heavy atom. The third-order valence-electron chi connectivity index (χ3n) is 4.35. The second-order valence-electron chi connectivity index (χ2n) is 6.42. The van der Waals surface area contributed by atoms with Gasteiger partial charge in [-0.3, -0.25) is 4.79 Å². The predicted octanol–water partition coefficient (Wildman–Crippen LogP) is 1.65. The van der Waals surface area contributed by atoms with Gasteiger partial charge in [0.25, 0.3) is 5.91 Å². The normalized spacial score (nSPS) is 20.4. The van der Waals surface area contributed by atoms with Crippen LogP contribution in [0.4, 0.5) is 10.5 Å². The number of hydrogen-bond acceptors (Lipinski definition) is 3. The second-order valence-corrected chi connectivity index (χ2v) is 6.42. The Bertz CT molecular complexity index is 586. The molecule has 3 rings (SSSR count). The highest BCUT2D eigenvalue weighted by Crippen LogP contribution is 2.21. The summed E-state index contributed by atoms with van der Waals surface area (Å²) in [4.78, 5) is 26.3. The molecule has 2 aliphatic rings. The summed E-state index contributed by atoms with van der Waals surface area (Å²) in [5.41, 5.74) is 1.28. The van der Waals surface area contributed by atoms with Gasteiger partial charge in [0.15, 0.2) is 0 Å². The maximum absolute atomic E-state index is 12.6. The van der Waals surface area contributed by atoms with Crippen LogP contribution in [0.5, 0.6) is 0 Å². The van der Waals surface area contributed by atoms with E-state index in [9.17, 15) is 9.59 Å². The zero-order chi connectivity index (χ0) is 16.2. The third-order valence-corrected chi connectivity index (χ3v) is 4.35. The summed E-state index contributed by atoms with van der Waals surface area (Å²) < 4.78 is 0. The lowest BCUT2D eigenvalue weighted by Gasteiger charge is -2.17. The maximum atomic E-state index is 12.6. The van der Waals surface area contributed by atoms with E-state index in [0.717, 1.165) is 38.9 Å². The first-order chi connectivity index (χ1) is 11.2. The predicted molar refractivity (Wildman–Crippen MR) is 89.6 cm³/mol. The fourth-order valence-corrected chi connectivity index (χ4v) is 2.97. The smallest absolute Gasteiger partial charge is 0.319 e. The van der Waals surface area contributed by atoms with E-state index in [1.807, 2.05) is 11.9 Å². The van der Waals surface area contributed by atoms with Gasteiger partial charge in [0.05, 0.1) is 0 Å². The van der Waals surface area contributed by atoms with Crippen molar-refractivity contribution in [1.82, 2.24) is 15.5 Å². The van der Waals surface area contributed by atoms with Crippen LogP contribution in [0.1, 0.15) is 29.6 Å². The standard InChI is InChI=1S/C17H24N4O2/c1-18-10-12-7-8-21(11-12)16(22)13-3-2-4-15(9-13)20-17(23)19-14-5-6-14/h2-4,9,12,14,18H,5-8,10-11H2,1H3,(H2,19,20,23). The van der Waals surface area contributed by atoms with Crippen LogP contribution in [-0.2, 0) is 0 Å². The molecule has 0 spiro atoms. The molecule has 2 fully saturated rings. The first-order valence-electron chi connectivity index (χ1n) is 8.27. The molecule has 1 aliphatic heterocycles. The van der Waals surface area contributed by atoms with Gasteiger partial charge in [-0.1, -0.05) is 6.07 Å². The average Bonchev–Trinajstić information content (AvgIpc) is 3.22. The van der Waals surface area contributed by atoms with Crippen LogP contribution in [0.25, 0.3) is 0 Å². The van der Waals surface area contributed by atoms with Gasteiger partial charge < -0.3 is 20.9 Å². The number of amides is 3. The number of nitrogens with zero attached hydrogens (tertiary/aromatic N) is 1. The molecule has 23 heavy (non-hydrogen) atoms. The van der Waals surface area contributed by atoms with Crippen LogP contribution >= 0.6 is 0 Å². The lowest BCUT2D eigenvalue weighted by Crippen LogP contribution is -2.31. The minimum atomic E-state index is -0.202. The fraction of sp³-hybridized carbons (Fsp3) is 0.529. The highest BCUT2D eigenvalue weighted by atomic mass is 16.2.